The van der Waals surface area contributed by atoms with Gasteiger partial charge in [0.1, 0.15) is 5.75 Å². The normalized spacial score (nSPS) is 10.5. The van der Waals surface area contributed by atoms with Gasteiger partial charge in [-0.15, -0.1) is 0 Å². The first kappa shape index (κ1) is 19.7. The summed E-state index contributed by atoms with van der Waals surface area (Å²) in [5.74, 6) is 2.68. The van der Waals surface area contributed by atoms with Crippen molar-refractivity contribution in [3.05, 3.63) is 64.2 Å². The molecule has 0 saturated carbocycles. The van der Waals surface area contributed by atoms with Crippen LogP contribution in [0.25, 0.3) is 0 Å². The average molecular weight is 378 g/mol. The van der Waals surface area contributed by atoms with Crippen LogP contribution in [0.3, 0.4) is 0 Å². The number of hydrogen-bond donors (Lipinski definition) is 1. The van der Waals surface area contributed by atoms with Crippen molar-refractivity contribution in [2.24, 2.45) is 0 Å². The average Bonchev–Trinajstić information content (AvgIpc) is 2.59. The Morgan fingerprint density at radius 2 is 1.92 bits per heavy atom. The Morgan fingerprint density at radius 1 is 1.16 bits per heavy atom. The van der Waals surface area contributed by atoms with Crippen LogP contribution in [0.2, 0.25) is 5.02 Å². The first-order chi connectivity index (χ1) is 12.0. The SMILES string of the molecule is Cc1ccc(C)c(OCCC(=O)NCCSCc2ccc(Cl)cc2)c1. The zero-order valence-electron chi connectivity index (χ0n) is 14.7. The van der Waals surface area contributed by atoms with Gasteiger partial charge in [-0.3, -0.25) is 4.79 Å². The highest BCUT2D eigenvalue weighted by molar-refractivity contribution is 7.98. The number of rotatable bonds is 9. The highest BCUT2D eigenvalue weighted by Crippen LogP contribution is 2.19. The summed E-state index contributed by atoms with van der Waals surface area (Å²) in [5, 5.41) is 3.68. The van der Waals surface area contributed by atoms with E-state index in [9.17, 15) is 4.79 Å². The molecule has 0 aromatic heterocycles. The van der Waals surface area contributed by atoms with E-state index in [2.05, 4.69) is 11.4 Å². The number of halogens is 1. The largest absolute Gasteiger partial charge is 0.493 e. The predicted octanol–water partition coefficient (Wildman–Crippen LogP) is 4.78. The molecule has 3 nitrogen and oxygen atoms in total. The molecule has 2 rings (SSSR count). The number of benzene rings is 2. The van der Waals surface area contributed by atoms with Crippen molar-refractivity contribution in [2.45, 2.75) is 26.0 Å². The number of carbonyl (C=O) groups is 1. The molecule has 0 heterocycles. The number of hydrogen-bond acceptors (Lipinski definition) is 3. The van der Waals surface area contributed by atoms with Crippen molar-refractivity contribution in [1.82, 2.24) is 5.32 Å². The van der Waals surface area contributed by atoms with Crippen molar-refractivity contribution < 1.29 is 9.53 Å². The molecule has 0 saturated heterocycles. The van der Waals surface area contributed by atoms with Crippen LogP contribution >= 0.6 is 23.4 Å². The van der Waals surface area contributed by atoms with Gasteiger partial charge in [0.15, 0.2) is 0 Å². The minimum absolute atomic E-state index is 0.0254. The van der Waals surface area contributed by atoms with Crippen molar-refractivity contribution in [3.63, 3.8) is 0 Å². The molecule has 2 aromatic rings. The molecule has 0 fully saturated rings. The topological polar surface area (TPSA) is 38.3 Å². The zero-order chi connectivity index (χ0) is 18.1. The fourth-order valence-corrected chi connectivity index (χ4v) is 3.18. The lowest BCUT2D eigenvalue weighted by molar-refractivity contribution is -0.121. The van der Waals surface area contributed by atoms with Crippen molar-refractivity contribution >= 4 is 29.3 Å². The molecule has 0 aliphatic rings. The Balaban J connectivity index is 1.56. The van der Waals surface area contributed by atoms with Gasteiger partial charge in [-0.1, -0.05) is 35.9 Å². The van der Waals surface area contributed by atoms with Crippen LogP contribution in [0.1, 0.15) is 23.1 Å². The van der Waals surface area contributed by atoms with E-state index >= 15 is 0 Å². The molecular formula is C20H24ClNO2S. The number of carbonyl (C=O) groups excluding carboxylic acids is 1. The molecule has 25 heavy (non-hydrogen) atoms. The maximum absolute atomic E-state index is 11.8. The number of ether oxygens (including phenoxy) is 1. The van der Waals surface area contributed by atoms with Gasteiger partial charge in [0.05, 0.1) is 13.0 Å². The van der Waals surface area contributed by atoms with Crippen LogP contribution in [0, 0.1) is 13.8 Å². The Bertz CT molecular complexity index is 689. The van der Waals surface area contributed by atoms with E-state index in [0.29, 0.717) is 19.6 Å². The highest BCUT2D eigenvalue weighted by Gasteiger charge is 2.04. The van der Waals surface area contributed by atoms with Crippen LogP contribution < -0.4 is 10.1 Å². The van der Waals surface area contributed by atoms with Gasteiger partial charge in [-0.2, -0.15) is 11.8 Å². The van der Waals surface area contributed by atoms with E-state index < -0.39 is 0 Å². The molecule has 0 bridgehead atoms. The molecular weight excluding hydrogens is 354 g/mol. The van der Waals surface area contributed by atoms with Crippen LogP contribution in [0.5, 0.6) is 5.75 Å². The summed E-state index contributed by atoms with van der Waals surface area (Å²) < 4.78 is 5.71. The Kier molecular flexibility index (Phi) is 8.16. The summed E-state index contributed by atoms with van der Waals surface area (Å²) in [6, 6.07) is 13.9. The third kappa shape index (κ3) is 7.41. The van der Waals surface area contributed by atoms with Gasteiger partial charge in [-0.05, 0) is 48.7 Å². The van der Waals surface area contributed by atoms with Crippen LogP contribution in [-0.4, -0.2) is 24.8 Å². The van der Waals surface area contributed by atoms with Crippen LogP contribution in [-0.2, 0) is 10.5 Å². The van der Waals surface area contributed by atoms with Gasteiger partial charge in [0.2, 0.25) is 5.91 Å². The maximum Gasteiger partial charge on any atom is 0.223 e. The summed E-state index contributed by atoms with van der Waals surface area (Å²) >= 11 is 7.65. The third-order valence-corrected chi connectivity index (χ3v) is 4.96. The molecule has 2 aromatic carbocycles. The maximum atomic E-state index is 11.8. The first-order valence-corrected chi connectivity index (χ1v) is 9.87. The number of amides is 1. The lowest BCUT2D eigenvalue weighted by Gasteiger charge is -2.10. The van der Waals surface area contributed by atoms with Crippen molar-refractivity contribution in [3.8, 4) is 5.75 Å². The van der Waals surface area contributed by atoms with E-state index in [1.807, 2.05) is 50.2 Å². The molecule has 134 valence electrons. The molecule has 1 amide bonds. The number of aryl methyl sites for hydroxylation is 2. The lowest BCUT2D eigenvalue weighted by atomic mass is 10.1. The van der Waals surface area contributed by atoms with E-state index in [0.717, 1.165) is 33.4 Å². The Labute approximate surface area is 159 Å². The molecule has 1 N–H and O–H groups in total. The lowest BCUT2D eigenvalue weighted by Crippen LogP contribution is -2.27. The van der Waals surface area contributed by atoms with Crippen LogP contribution in [0.4, 0.5) is 0 Å². The Morgan fingerprint density at radius 3 is 2.68 bits per heavy atom. The summed E-state index contributed by atoms with van der Waals surface area (Å²) in [5.41, 5.74) is 3.48. The highest BCUT2D eigenvalue weighted by atomic mass is 35.5. The molecule has 0 spiro atoms. The molecule has 0 radical (unpaired) electrons. The predicted molar refractivity (Wildman–Crippen MR) is 107 cm³/mol. The van der Waals surface area contributed by atoms with Crippen molar-refractivity contribution in [1.29, 1.82) is 0 Å². The van der Waals surface area contributed by atoms with E-state index in [4.69, 9.17) is 16.3 Å². The van der Waals surface area contributed by atoms with E-state index in [1.54, 1.807) is 11.8 Å². The zero-order valence-corrected chi connectivity index (χ0v) is 16.3. The van der Waals surface area contributed by atoms with Crippen LogP contribution in [0.15, 0.2) is 42.5 Å². The summed E-state index contributed by atoms with van der Waals surface area (Å²) in [7, 11) is 0. The van der Waals surface area contributed by atoms with Crippen molar-refractivity contribution in [2.75, 3.05) is 18.9 Å². The van der Waals surface area contributed by atoms with Gasteiger partial charge < -0.3 is 10.1 Å². The molecule has 5 heteroatoms. The fraction of sp³-hybridized carbons (Fsp3) is 0.350. The second-order valence-electron chi connectivity index (χ2n) is 5.90. The Hall–Kier alpha value is -1.65. The second-order valence-corrected chi connectivity index (χ2v) is 7.44. The quantitative estimate of drug-likeness (QED) is 0.639. The first-order valence-electron chi connectivity index (χ1n) is 8.33. The van der Waals surface area contributed by atoms with Gasteiger partial charge in [-0.25, -0.2) is 0 Å². The molecule has 0 aliphatic heterocycles. The fourth-order valence-electron chi connectivity index (χ4n) is 2.24. The monoisotopic (exact) mass is 377 g/mol. The minimum atomic E-state index is 0.0254. The molecule has 0 atom stereocenters. The summed E-state index contributed by atoms with van der Waals surface area (Å²) in [6.07, 6.45) is 0.370. The molecule has 0 aliphatic carbocycles. The van der Waals surface area contributed by atoms with Gasteiger partial charge in [0, 0.05) is 23.1 Å². The smallest absolute Gasteiger partial charge is 0.223 e. The van der Waals surface area contributed by atoms with E-state index in [1.165, 1.54) is 5.56 Å². The minimum Gasteiger partial charge on any atom is -0.493 e. The number of thioether (sulfide) groups is 1. The third-order valence-electron chi connectivity index (χ3n) is 3.68. The van der Waals surface area contributed by atoms with Gasteiger partial charge in [0.25, 0.3) is 0 Å². The summed E-state index contributed by atoms with van der Waals surface area (Å²) in [4.78, 5) is 11.8. The standard InChI is InChI=1S/C20H24ClNO2S/c1-15-3-4-16(2)19(13-15)24-11-9-20(23)22-10-12-25-14-17-5-7-18(21)8-6-17/h3-8,13H,9-12,14H2,1-2H3,(H,22,23). The second kappa shape index (κ2) is 10.4. The number of nitrogens with one attached hydrogen (secondary N) is 1. The van der Waals surface area contributed by atoms with E-state index in [-0.39, 0.29) is 5.91 Å². The molecule has 0 unspecified atom stereocenters. The van der Waals surface area contributed by atoms with Gasteiger partial charge >= 0.3 is 0 Å². The summed E-state index contributed by atoms with van der Waals surface area (Å²) in [6.45, 7) is 5.10.